The van der Waals surface area contributed by atoms with Gasteiger partial charge in [0.25, 0.3) is 11.8 Å². The van der Waals surface area contributed by atoms with E-state index in [-0.39, 0.29) is 21.9 Å². The van der Waals surface area contributed by atoms with E-state index in [0.717, 1.165) is 0 Å². The van der Waals surface area contributed by atoms with E-state index in [1.165, 1.54) is 36.6 Å². The molecule has 0 spiro atoms. The van der Waals surface area contributed by atoms with Gasteiger partial charge < -0.3 is 9.73 Å². The van der Waals surface area contributed by atoms with Crippen molar-refractivity contribution in [2.75, 3.05) is 5.32 Å². The van der Waals surface area contributed by atoms with Gasteiger partial charge in [0, 0.05) is 16.3 Å². The number of benzene rings is 2. The average molecular weight is 418 g/mol. The van der Waals surface area contributed by atoms with Crippen LogP contribution in [0.5, 0.6) is 0 Å². The number of anilines is 1. The predicted octanol–water partition coefficient (Wildman–Crippen LogP) is 3.91. The first-order valence-corrected chi connectivity index (χ1v) is 8.70. The number of rotatable bonds is 4. The van der Waals surface area contributed by atoms with Gasteiger partial charge >= 0.3 is 5.91 Å². The summed E-state index contributed by atoms with van der Waals surface area (Å²) in [6.45, 7) is 0. The summed E-state index contributed by atoms with van der Waals surface area (Å²) in [4.78, 5) is 36.1. The highest BCUT2D eigenvalue weighted by atomic mass is 35.5. The molecule has 0 fully saturated rings. The Kier molecular flexibility index (Phi) is 5.98. The van der Waals surface area contributed by atoms with Crippen molar-refractivity contribution in [3.05, 3.63) is 87.8 Å². The Balaban J connectivity index is 1.59. The summed E-state index contributed by atoms with van der Waals surface area (Å²) in [6.07, 6.45) is 1.35. The second kappa shape index (κ2) is 8.60. The van der Waals surface area contributed by atoms with Crippen LogP contribution in [0.2, 0.25) is 10.0 Å². The zero-order valence-electron chi connectivity index (χ0n) is 14.2. The molecule has 0 aliphatic rings. The highest BCUT2D eigenvalue weighted by Crippen LogP contribution is 2.22. The molecule has 3 N–H and O–H groups in total. The van der Waals surface area contributed by atoms with Crippen molar-refractivity contribution in [3.8, 4) is 0 Å². The summed E-state index contributed by atoms with van der Waals surface area (Å²) in [5, 5.41) is 3.33. The van der Waals surface area contributed by atoms with Crippen LogP contribution in [-0.4, -0.2) is 17.7 Å². The van der Waals surface area contributed by atoms with Crippen molar-refractivity contribution in [2.45, 2.75) is 0 Å². The van der Waals surface area contributed by atoms with Crippen molar-refractivity contribution in [3.63, 3.8) is 0 Å². The van der Waals surface area contributed by atoms with E-state index in [1.54, 1.807) is 24.3 Å². The molecule has 2 aromatic carbocycles. The van der Waals surface area contributed by atoms with Gasteiger partial charge in [0.15, 0.2) is 5.76 Å². The molecule has 142 valence electrons. The Morgan fingerprint density at radius 2 is 1.54 bits per heavy atom. The molecule has 3 rings (SSSR count). The molecular formula is C19H13Cl2N3O4. The zero-order chi connectivity index (χ0) is 20.1. The maximum Gasteiger partial charge on any atom is 0.305 e. The lowest BCUT2D eigenvalue weighted by molar-refractivity contribution is 0.0831. The Morgan fingerprint density at radius 1 is 0.821 bits per heavy atom. The van der Waals surface area contributed by atoms with Crippen molar-refractivity contribution in [2.24, 2.45) is 0 Å². The number of hydrogen-bond donors (Lipinski definition) is 3. The molecule has 1 aromatic heterocycles. The Morgan fingerprint density at radius 3 is 2.18 bits per heavy atom. The van der Waals surface area contributed by atoms with E-state index in [2.05, 4.69) is 16.2 Å². The molecule has 0 radical (unpaired) electrons. The molecule has 0 atom stereocenters. The highest BCUT2D eigenvalue weighted by molar-refractivity contribution is 6.37. The maximum atomic E-state index is 12.3. The second-order valence-corrected chi connectivity index (χ2v) is 6.38. The Hall–Kier alpha value is -3.29. The van der Waals surface area contributed by atoms with Gasteiger partial charge in [-0.3, -0.25) is 25.2 Å². The van der Waals surface area contributed by atoms with Crippen LogP contribution in [0.4, 0.5) is 5.69 Å². The molecule has 3 aromatic rings. The smallest absolute Gasteiger partial charge is 0.305 e. The third-order valence-corrected chi connectivity index (χ3v) is 4.16. The Labute approximate surface area is 169 Å². The number of hydrazine groups is 1. The molecule has 7 nitrogen and oxygen atoms in total. The third kappa shape index (κ3) is 4.70. The average Bonchev–Trinajstić information content (AvgIpc) is 3.21. The molecule has 0 unspecified atom stereocenters. The SMILES string of the molecule is O=C(NNC(=O)c1ccco1)c1ccc(NC(=O)c2ccc(Cl)cc2Cl)cc1. The van der Waals surface area contributed by atoms with E-state index >= 15 is 0 Å². The number of halogens is 2. The molecule has 0 saturated carbocycles. The van der Waals surface area contributed by atoms with Crippen molar-refractivity contribution >= 4 is 46.6 Å². The van der Waals surface area contributed by atoms with Crippen LogP contribution in [0.1, 0.15) is 31.3 Å². The highest BCUT2D eigenvalue weighted by Gasteiger charge is 2.13. The van der Waals surface area contributed by atoms with Crippen LogP contribution in [-0.2, 0) is 0 Å². The van der Waals surface area contributed by atoms with Gasteiger partial charge in [0.2, 0.25) is 0 Å². The van der Waals surface area contributed by atoms with E-state index in [0.29, 0.717) is 10.7 Å². The molecule has 0 aliphatic carbocycles. The summed E-state index contributed by atoms with van der Waals surface area (Å²) in [6, 6.07) is 13.7. The zero-order valence-corrected chi connectivity index (χ0v) is 15.7. The summed E-state index contributed by atoms with van der Waals surface area (Å²) >= 11 is 11.8. The van der Waals surface area contributed by atoms with Crippen LogP contribution in [0.3, 0.4) is 0 Å². The van der Waals surface area contributed by atoms with Gasteiger partial charge in [0.1, 0.15) is 0 Å². The van der Waals surface area contributed by atoms with Crippen molar-refractivity contribution in [1.82, 2.24) is 10.9 Å². The molecule has 3 amide bonds. The van der Waals surface area contributed by atoms with Gasteiger partial charge in [-0.25, -0.2) is 0 Å². The summed E-state index contributed by atoms with van der Waals surface area (Å²) < 4.78 is 4.92. The number of furan rings is 1. The van der Waals surface area contributed by atoms with E-state index in [9.17, 15) is 14.4 Å². The fraction of sp³-hybridized carbons (Fsp3) is 0. The van der Waals surface area contributed by atoms with Crippen molar-refractivity contribution < 1.29 is 18.8 Å². The third-order valence-electron chi connectivity index (χ3n) is 3.62. The van der Waals surface area contributed by atoms with Crippen LogP contribution in [0.25, 0.3) is 0 Å². The van der Waals surface area contributed by atoms with Gasteiger partial charge in [-0.1, -0.05) is 23.2 Å². The standard InChI is InChI=1S/C19H13Cl2N3O4/c20-12-5-8-14(15(21)10-12)18(26)22-13-6-3-11(4-7-13)17(25)23-24-19(27)16-2-1-9-28-16/h1-10H,(H,22,26)(H,23,25)(H,24,27). The van der Waals surface area contributed by atoms with Crippen LogP contribution < -0.4 is 16.2 Å². The monoisotopic (exact) mass is 417 g/mol. The minimum absolute atomic E-state index is 0.0687. The van der Waals surface area contributed by atoms with E-state index in [4.69, 9.17) is 27.6 Å². The molecular weight excluding hydrogens is 405 g/mol. The molecule has 1 heterocycles. The lowest BCUT2D eigenvalue weighted by Crippen LogP contribution is -2.41. The minimum Gasteiger partial charge on any atom is -0.459 e. The number of carbonyl (C=O) groups excluding carboxylic acids is 3. The Bertz CT molecular complexity index is 1020. The summed E-state index contributed by atoms with van der Waals surface area (Å²) in [5.74, 6) is -1.45. The van der Waals surface area contributed by atoms with Crippen LogP contribution in [0.15, 0.2) is 65.3 Å². The van der Waals surface area contributed by atoms with Gasteiger partial charge in [-0.15, -0.1) is 0 Å². The van der Waals surface area contributed by atoms with E-state index in [1.807, 2.05) is 0 Å². The predicted molar refractivity (Wildman–Crippen MR) is 104 cm³/mol. The first kappa shape index (κ1) is 19.5. The van der Waals surface area contributed by atoms with Gasteiger partial charge in [-0.2, -0.15) is 0 Å². The first-order chi connectivity index (χ1) is 13.4. The summed E-state index contributed by atoms with van der Waals surface area (Å²) in [5.41, 5.74) is 5.52. The van der Waals surface area contributed by atoms with E-state index < -0.39 is 17.7 Å². The topological polar surface area (TPSA) is 100 Å². The van der Waals surface area contributed by atoms with Gasteiger partial charge in [0.05, 0.1) is 16.8 Å². The molecule has 28 heavy (non-hydrogen) atoms. The number of hydrogen-bond acceptors (Lipinski definition) is 4. The van der Waals surface area contributed by atoms with Crippen LogP contribution in [0, 0.1) is 0 Å². The number of carbonyl (C=O) groups is 3. The minimum atomic E-state index is -0.581. The molecule has 0 bridgehead atoms. The number of amides is 3. The molecule has 0 aliphatic heterocycles. The fourth-order valence-corrected chi connectivity index (χ4v) is 2.73. The van der Waals surface area contributed by atoms with Crippen LogP contribution >= 0.6 is 23.2 Å². The quantitative estimate of drug-likeness (QED) is 0.560. The molecule has 9 heteroatoms. The van der Waals surface area contributed by atoms with Crippen molar-refractivity contribution in [1.29, 1.82) is 0 Å². The lowest BCUT2D eigenvalue weighted by Gasteiger charge is -2.09. The first-order valence-electron chi connectivity index (χ1n) is 7.94. The molecule has 0 saturated heterocycles. The normalized spacial score (nSPS) is 10.2. The summed E-state index contributed by atoms with van der Waals surface area (Å²) in [7, 11) is 0. The van der Waals surface area contributed by atoms with Gasteiger partial charge in [-0.05, 0) is 54.6 Å². The fourth-order valence-electron chi connectivity index (χ4n) is 2.23. The number of nitrogens with one attached hydrogen (secondary N) is 3. The lowest BCUT2D eigenvalue weighted by atomic mass is 10.1. The second-order valence-electron chi connectivity index (χ2n) is 5.54. The maximum absolute atomic E-state index is 12.3. The largest absolute Gasteiger partial charge is 0.459 e.